The molecule has 1 aromatic heterocycles. The summed E-state index contributed by atoms with van der Waals surface area (Å²) >= 11 is 0. The molecule has 0 saturated carbocycles. The molecule has 6 heteroatoms. The van der Waals surface area contributed by atoms with E-state index in [4.69, 9.17) is 4.42 Å². The summed E-state index contributed by atoms with van der Waals surface area (Å²) in [6, 6.07) is 79.7. The standard InChI is InChI=1S/C88H97BN4O/c1-82(2,3)56-26-38-63(39-27-56)90(64-40-28-57(29-41-64)83(4,5)6)68-53-76-81-77(54-68)93(74-49-37-62(88(19,20)21)51-72(74)89(81)71-50-61(87(16,17)18)36-48-73(71)92(76)67-46-34-60(35-47-67)86(13,14)15)69-52-75(80-70-24-22-23-25-78(70)94-79(80)55-69)91(65-42-30-58(31-43-65)84(7,8)9)66-44-32-59(33-45-66)85(10,11)12/h22-55H,1-21H3. The summed E-state index contributed by atoms with van der Waals surface area (Å²) in [6.07, 6.45) is 0. The highest BCUT2D eigenvalue weighted by atomic mass is 16.3. The maximum absolute atomic E-state index is 7.27. The Bertz CT molecular complexity index is 4560. The van der Waals surface area contributed by atoms with E-state index in [-0.39, 0.29) is 44.6 Å². The number of para-hydroxylation sites is 1. The molecule has 0 bridgehead atoms. The van der Waals surface area contributed by atoms with Crippen LogP contribution in [0.3, 0.4) is 0 Å². The van der Waals surface area contributed by atoms with Crippen LogP contribution in [0.4, 0.5) is 68.2 Å². The number of hydrogen-bond acceptors (Lipinski definition) is 5. The van der Waals surface area contributed by atoms with E-state index in [0.29, 0.717) is 0 Å². The third kappa shape index (κ3) is 11.6. The predicted octanol–water partition coefficient (Wildman–Crippen LogP) is 23.7. The summed E-state index contributed by atoms with van der Waals surface area (Å²) in [4.78, 5) is 10.2. The van der Waals surface area contributed by atoms with Crippen LogP contribution < -0.4 is 36.0 Å². The number of nitrogens with zero attached hydrogens (tertiary/aromatic N) is 4. The Morgan fingerprint density at radius 3 is 1.01 bits per heavy atom. The van der Waals surface area contributed by atoms with Crippen molar-refractivity contribution in [2.45, 2.75) is 183 Å². The van der Waals surface area contributed by atoms with Crippen molar-refractivity contribution < 1.29 is 4.42 Å². The van der Waals surface area contributed by atoms with Crippen molar-refractivity contribution in [2.75, 3.05) is 19.6 Å². The molecule has 0 saturated heterocycles. The third-order valence-corrected chi connectivity index (χ3v) is 19.9. The Morgan fingerprint density at radius 1 is 0.287 bits per heavy atom. The van der Waals surface area contributed by atoms with Crippen molar-refractivity contribution in [2.24, 2.45) is 0 Å². The number of anilines is 12. The van der Waals surface area contributed by atoms with Crippen LogP contribution in [0.25, 0.3) is 21.9 Å². The summed E-state index contributed by atoms with van der Waals surface area (Å²) < 4.78 is 7.27. The Morgan fingerprint density at radius 2 is 0.628 bits per heavy atom. The molecular formula is C88H97BN4O. The maximum atomic E-state index is 7.27. The lowest BCUT2D eigenvalue weighted by molar-refractivity contribution is 0.590. The van der Waals surface area contributed by atoms with Crippen LogP contribution in [0, 0.1) is 0 Å². The molecule has 0 radical (unpaired) electrons. The minimum atomic E-state index is -0.144. The van der Waals surface area contributed by atoms with Crippen LogP contribution in [-0.4, -0.2) is 6.71 Å². The molecule has 2 aliphatic heterocycles. The van der Waals surface area contributed by atoms with E-state index >= 15 is 0 Å². The number of furan rings is 1. The van der Waals surface area contributed by atoms with Gasteiger partial charge in [-0.25, -0.2) is 0 Å². The van der Waals surface area contributed by atoms with Crippen LogP contribution in [-0.2, 0) is 37.9 Å². The van der Waals surface area contributed by atoms with E-state index < -0.39 is 0 Å². The number of rotatable bonds is 8. The first-order valence-electron chi connectivity index (χ1n) is 34.2. The Hall–Kier alpha value is -8.74. The van der Waals surface area contributed by atoms with E-state index in [1.165, 1.54) is 61.0 Å². The van der Waals surface area contributed by atoms with E-state index in [1.54, 1.807) is 0 Å². The molecule has 0 N–H and O–H groups in total. The fraction of sp³-hybridized carbons (Fsp3) is 0.318. The molecule has 13 rings (SSSR count). The van der Waals surface area contributed by atoms with Crippen molar-refractivity contribution in [3.8, 4) is 0 Å². The molecule has 10 aromatic carbocycles. The molecule has 2 aliphatic rings. The molecule has 0 fully saturated rings. The Labute approximate surface area is 562 Å². The second-order valence-electron chi connectivity index (χ2n) is 34.1. The van der Waals surface area contributed by atoms with Gasteiger partial charge in [0.1, 0.15) is 11.2 Å². The highest BCUT2D eigenvalue weighted by Gasteiger charge is 2.46. The van der Waals surface area contributed by atoms with E-state index in [9.17, 15) is 0 Å². The topological polar surface area (TPSA) is 26.1 Å². The molecule has 0 amide bonds. The quantitative estimate of drug-likeness (QED) is 0.141. The molecule has 0 atom stereocenters. The van der Waals surface area contributed by atoms with Crippen LogP contribution in [0.1, 0.15) is 184 Å². The highest BCUT2D eigenvalue weighted by molar-refractivity contribution is 7.00. The molecule has 11 aromatic rings. The lowest BCUT2D eigenvalue weighted by Crippen LogP contribution is -2.61. The van der Waals surface area contributed by atoms with Gasteiger partial charge in [0.25, 0.3) is 6.71 Å². The van der Waals surface area contributed by atoms with Gasteiger partial charge in [0, 0.05) is 62.6 Å². The van der Waals surface area contributed by atoms with Crippen molar-refractivity contribution in [3.63, 3.8) is 0 Å². The summed E-state index contributed by atoms with van der Waals surface area (Å²) in [5.74, 6) is 0. The molecule has 0 aliphatic carbocycles. The zero-order chi connectivity index (χ0) is 67.1. The summed E-state index contributed by atoms with van der Waals surface area (Å²) in [7, 11) is 0. The predicted molar refractivity (Wildman–Crippen MR) is 408 cm³/mol. The van der Waals surface area contributed by atoms with E-state index in [2.05, 4.69) is 371 Å². The van der Waals surface area contributed by atoms with Gasteiger partial charge in [-0.1, -0.05) is 249 Å². The lowest BCUT2D eigenvalue weighted by atomic mass is 9.33. The molecular weight excluding hydrogens is 1140 g/mol. The molecule has 0 unspecified atom stereocenters. The fourth-order valence-corrected chi connectivity index (χ4v) is 14.2. The smallest absolute Gasteiger partial charge is 0.252 e. The van der Waals surface area contributed by atoms with Crippen molar-refractivity contribution in [1.82, 2.24) is 0 Å². The molecule has 94 heavy (non-hydrogen) atoms. The first-order chi connectivity index (χ1) is 44.0. The van der Waals surface area contributed by atoms with Crippen LogP contribution in [0.15, 0.2) is 211 Å². The second kappa shape index (κ2) is 22.5. The average Bonchev–Trinajstić information content (AvgIpc) is 0.723. The monoisotopic (exact) mass is 1240 g/mol. The summed E-state index contributed by atoms with van der Waals surface area (Å²) in [6.45, 7) is 48.5. The third-order valence-electron chi connectivity index (χ3n) is 19.9. The van der Waals surface area contributed by atoms with Crippen molar-refractivity contribution in [3.05, 3.63) is 245 Å². The Balaban J connectivity index is 1.18. The second-order valence-corrected chi connectivity index (χ2v) is 34.1. The van der Waals surface area contributed by atoms with Gasteiger partial charge in [0.15, 0.2) is 0 Å². The van der Waals surface area contributed by atoms with Gasteiger partial charge in [-0.2, -0.15) is 0 Å². The number of hydrogen-bond donors (Lipinski definition) is 0. The number of fused-ring (bicyclic) bond motifs is 7. The molecule has 5 nitrogen and oxygen atoms in total. The van der Waals surface area contributed by atoms with Crippen LogP contribution in [0.2, 0.25) is 0 Å². The minimum Gasteiger partial charge on any atom is -0.456 e. The molecule has 3 heterocycles. The van der Waals surface area contributed by atoms with Crippen molar-refractivity contribution in [1.29, 1.82) is 0 Å². The largest absolute Gasteiger partial charge is 0.456 e. The lowest BCUT2D eigenvalue weighted by Gasteiger charge is -2.45. The SMILES string of the molecule is CC(C)(C)c1ccc(N(c2ccc(C(C)(C)C)cc2)c2cc3c4c(c2)N(c2cc(N(c5ccc(C(C)(C)C)cc5)c5ccc(C(C)(C)C)cc5)c5c(c2)oc2ccccc25)c2ccc(C(C)(C)C)cc2B4c2cc(C(C)(C)C)ccc2N3c2ccc(C(C)(C)C)cc2)cc1. The summed E-state index contributed by atoms with van der Waals surface area (Å²) in [5.41, 5.74) is 27.2. The maximum Gasteiger partial charge on any atom is 0.252 e. The van der Waals surface area contributed by atoms with Gasteiger partial charge in [-0.05, 0) is 190 Å². The normalized spacial score (nSPS) is 13.7. The summed E-state index contributed by atoms with van der Waals surface area (Å²) in [5, 5.41) is 2.13. The van der Waals surface area contributed by atoms with Crippen LogP contribution in [0.5, 0.6) is 0 Å². The average molecular weight is 1240 g/mol. The highest BCUT2D eigenvalue weighted by Crippen LogP contribution is 2.53. The zero-order valence-electron chi connectivity index (χ0n) is 59.9. The first-order valence-corrected chi connectivity index (χ1v) is 34.2. The van der Waals surface area contributed by atoms with Gasteiger partial charge in [0.05, 0.1) is 22.4 Å². The van der Waals surface area contributed by atoms with Crippen LogP contribution >= 0.6 is 0 Å². The number of benzene rings is 10. The van der Waals surface area contributed by atoms with Crippen molar-refractivity contribution >= 4 is 113 Å². The minimum absolute atomic E-state index is 0.0338. The van der Waals surface area contributed by atoms with E-state index in [1.807, 2.05) is 0 Å². The van der Waals surface area contributed by atoms with Gasteiger partial charge in [0.2, 0.25) is 0 Å². The van der Waals surface area contributed by atoms with Gasteiger partial charge in [-0.3, -0.25) is 0 Å². The first kappa shape index (κ1) is 64.0. The fourth-order valence-electron chi connectivity index (χ4n) is 14.2. The Kier molecular flexibility index (Phi) is 15.3. The van der Waals surface area contributed by atoms with E-state index in [0.717, 1.165) is 84.5 Å². The van der Waals surface area contributed by atoms with Gasteiger partial charge in [-0.15, -0.1) is 0 Å². The zero-order valence-corrected chi connectivity index (χ0v) is 59.9. The molecule has 0 spiro atoms. The molecule has 478 valence electrons. The van der Waals surface area contributed by atoms with Gasteiger partial charge < -0.3 is 24.0 Å². The van der Waals surface area contributed by atoms with Gasteiger partial charge >= 0.3 is 0 Å².